The number of benzene rings is 1. The van der Waals surface area contributed by atoms with Crippen molar-refractivity contribution in [3.63, 3.8) is 0 Å². The molecule has 0 aliphatic carbocycles. The molecule has 1 aromatic carbocycles. The molecule has 1 fully saturated rings. The fraction of sp³-hybridized carbons (Fsp3) is 0.536. The summed E-state index contributed by atoms with van der Waals surface area (Å²) in [6.07, 6.45) is -0.725. The number of amides is 2. The van der Waals surface area contributed by atoms with E-state index >= 15 is 0 Å². The predicted molar refractivity (Wildman–Crippen MR) is 161 cm³/mol. The molecule has 0 saturated carbocycles. The Hall–Kier alpha value is -4.15. The third kappa shape index (κ3) is 14.5. The van der Waals surface area contributed by atoms with E-state index in [0.717, 1.165) is 25.7 Å². The van der Waals surface area contributed by atoms with Gasteiger partial charge < -0.3 is 30.9 Å². The average Bonchev–Trinajstić information content (AvgIpc) is 3.27. The topological polar surface area (TPSA) is 210 Å². The fourth-order valence-electron chi connectivity index (χ4n) is 3.87. The van der Waals surface area contributed by atoms with Crippen molar-refractivity contribution >= 4 is 52.5 Å². The molecular formula is C28H38F3N5O8S. The maximum atomic E-state index is 13.0. The number of unbranched alkanes of at least 4 members (excludes halogenated alkanes) is 3. The van der Waals surface area contributed by atoms with Gasteiger partial charge in [0.1, 0.15) is 11.1 Å². The number of carbonyl (C=O) groups is 5. The normalized spacial score (nSPS) is 16.8. The van der Waals surface area contributed by atoms with Crippen LogP contribution in [0.25, 0.3) is 0 Å². The van der Waals surface area contributed by atoms with Gasteiger partial charge in [-0.3, -0.25) is 24.6 Å². The van der Waals surface area contributed by atoms with Crippen LogP contribution in [-0.2, 0) is 19.2 Å². The number of amidine groups is 2. The summed E-state index contributed by atoms with van der Waals surface area (Å²) in [5, 5.41) is 38.2. The molecule has 0 bridgehead atoms. The number of nitrogens with one attached hydrogen (secondary N) is 3. The number of alkyl halides is 3. The molecule has 1 heterocycles. The zero-order chi connectivity index (χ0) is 34.2. The number of thioether (sulfide) groups is 1. The molecule has 2 unspecified atom stereocenters. The highest BCUT2D eigenvalue weighted by Crippen LogP contribution is 2.32. The highest BCUT2D eigenvalue weighted by atomic mass is 32.2. The predicted octanol–water partition coefficient (Wildman–Crippen LogP) is 3.57. The van der Waals surface area contributed by atoms with Crippen LogP contribution < -0.4 is 10.6 Å². The van der Waals surface area contributed by atoms with E-state index in [1.54, 1.807) is 24.3 Å². The number of rotatable bonds is 15. The Labute approximate surface area is 262 Å². The van der Waals surface area contributed by atoms with Gasteiger partial charge in [0, 0.05) is 43.2 Å². The molecule has 1 aromatic rings. The number of carbonyl (C=O) groups excluding carboxylic acids is 2. The van der Waals surface area contributed by atoms with Crippen molar-refractivity contribution < 1.29 is 52.5 Å². The lowest BCUT2D eigenvalue weighted by Gasteiger charge is -2.25. The van der Waals surface area contributed by atoms with E-state index in [1.165, 1.54) is 11.8 Å². The van der Waals surface area contributed by atoms with Crippen molar-refractivity contribution in [1.29, 1.82) is 5.41 Å². The number of hydrogen-bond acceptors (Lipinski definition) is 7. The van der Waals surface area contributed by atoms with E-state index in [2.05, 4.69) is 22.5 Å². The zero-order valence-electron chi connectivity index (χ0n) is 24.9. The second-order valence-electron chi connectivity index (χ2n) is 9.85. The van der Waals surface area contributed by atoms with Crippen molar-refractivity contribution in [3.05, 3.63) is 35.4 Å². The molecule has 0 radical (unpaired) electrons. The molecule has 1 saturated heterocycles. The summed E-state index contributed by atoms with van der Waals surface area (Å²) in [5.41, 5.74) is 0.900. The number of carboxylic acid groups (broad SMARTS) is 3. The van der Waals surface area contributed by atoms with Gasteiger partial charge in [0.2, 0.25) is 5.91 Å². The maximum absolute atomic E-state index is 13.0. The van der Waals surface area contributed by atoms with Crippen molar-refractivity contribution in [2.24, 2.45) is 4.99 Å². The van der Waals surface area contributed by atoms with Crippen molar-refractivity contribution in [1.82, 2.24) is 15.5 Å². The lowest BCUT2D eigenvalue weighted by molar-refractivity contribution is -0.192. The van der Waals surface area contributed by atoms with Crippen LogP contribution in [-0.4, -0.2) is 98.0 Å². The number of carboxylic acids is 3. The molecular weight excluding hydrogens is 623 g/mol. The largest absolute Gasteiger partial charge is 0.490 e. The van der Waals surface area contributed by atoms with Crippen LogP contribution in [0.2, 0.25) is 0 Å². The van der Waals surface area contributed by atoms with Crippen LogP contribution in [0, 0.1) is 5.41 Å². The molecule has 250 valence electrons. The smallest absolute Gasteiger partial charge is 0.481 e. The zero-order valence-corrected chi connectivity index (χ0v) is 25.7. The first-order chi connectivity index (χ1) is 21.1. The molecule has 0 aromatic heterocycles. The van der Waals surface area contributed by atoms with Gasteiger partial charge in [-0.25, -0.2) is 4.79 Å². The van der Waals surface area contributed by atoms with Gasteiger partial charge in [0.05, 0.1) is 6.42 Å². The summed E-state index contributed by atoms with van der Waals surface area (Å²) in [7, 11) is 0. The van der Waals surface area contributed by atoms with Gasteiger partial charge in [0.25, 0.3) is 5.91 Å². The van der Waals surface area contributed by atoms with E-state index in [4.69, 9.17) is 25.5 Å². The minimum absolute atomic E-state index is 0.0190. The summed E-state index contributed by atoms with van der Waals surface area (Å²) in [6, 6.07) is 6.21. The van der Waals surface area contributed by atoms with E-state index < -0.39 is 35.2 Å². The molecule has 0 spiro atoms. The van der Waals surface area contributed by atoms with Crippen LogP contribution in [0.15, 0.2) is 29.3 Å². The van der Waals surface area contributed by atoms with Crippen LogP contribution >= 0.6 is 11.8 Å². The molecule has 45 heavy (non-hydrogen) atoms. The summed E-state index contributed by atoms with van der Waals surface area (Å²) >= 11 is 1.21. The lowest BCUT2D eigenvalue weighted by Crippen LogP contribution is -2.43. The lowest BCUT2D eigenvalue weighted by atomic mass is 10.1. The third-order valence-corrected chi connectivity index (χ3v) is 7.68. The second-order valence-corrected chi connectivity index (χ2v) is 11.0. The SMILES string of the molecule is CCCCCCN1C(=NC(=O)c2ccc(C(=N)NCCCC(=O)O)cc2)SC(C(=O)NCCC(=O)O)C1C.O=C(O)C(F)(F)F. The minimum atomic E-state index is -5.08. The van der Waals surface area contributed by atoms with Crippen LogP contribution in [0.4, 0.5) is 13.2 Å². The van der Waals surface area contributed by atoms with Gasteiger partial charge in [-0.2, -0.15) is 18.2 Å². The molecule has 1 aliphatic rings. The first-order valence-electron chi connectivity index (χ1n) is 14.1. The third-order valence-electron chi connectivity index (χ3n) is 6.29. The minimum Gasteiger partial charge on any atom is -0.481 e. The van der Waals surface area contributed by atoms with E-state index in [-0.39, 0.29) is 37.2 Å². The van der Waals surface area contributed by atoms with Gasteiger partial charge >= 0.3 is 24.1 Å². The standard InChI is InChI=1S/C26H37N5O6S.C2HF3O2/c1-3-4-5-6-16-31-17(2)22(25(37)29-15-13-21(34)35)38-26(31)30-24(36)19-11-9-18(10-12-19)23(27)28-14-7-8-20(32)33;3-2(4,5)1(6)7/h9-12,17,22H,3-8,13-16H2,1-2H3,(H2,27,28)(H,29,37)(H,32,33)(H,34,35);(H,6,7). The van der Waals surface area contributed by atoms with Crippen molar-refractivity contribution in [3.8, 4) is 0 Å². The molecule has 1 aliphatic heterocycles. The van der Waals surface area contributed by atoms with Gasteiger partial charge in [-0.05, 0) is 31.9 Å². The first-order valence-corrected chi connectivity index (χ1v) is 15.0. The Morgan fingerprint density at radius 2 is 1.49 bits per heavy atom. The number of hydrogen-bond donors (Lipinski definition) is 6. The molecule has 2 atom stereocenters. The first kappa shape index (κ1) is 38.9. The summed E-state index contributed by atoms with van der Waals surface area (Å²) in [4.78, 5) is 62.3. The Morgan fingerprint density at radius 1 is 0.911 bits per heavy atom. The number of aliphatic carboxylic acids is 3. The monoisotopic (exact) mass is 661 g/mol. The maximum Gasteiger partial charge on any atom is 0.490 e. The molecule has 2 rings (SSSR count). The Morgan fingerprint density at radius 3 is 2.02 bits per heavy atom. The highest BCUT2D eigenvalue weighted by molar-refractivity contribution is 8.15. The number of nitrogens with zero attached hydrogens (tertiary/aromatic N) is 2. The van der Waals surface area contributed by atoms with E-state index in [9.17, 15) is 32.3 Å². The van der Waals surface area contributed by atoms with Crippen molar-refractivity contribution in [2.45, 2.75) is 76.3 Å². The van der Waals surface area contributed by atoms with Crippen LogP contribution in [0.1, 0.15) is 74.7 Å². The second kappa shape index (κ2) is 19.3. The quantitative estimate of drug-likeness (QED) is 0.0909. The fourth-order valence-corrected chi connectivity index (χ4v) is 5.16. The highest BCUT2D eigenvalue weighted by Gasteiger charge is 2.41. The van der Waals surface area contributed by atoms with Crippen LogP contribution in [0.5, 0.6) is 0 Å². The molecule has 2 amide bonds. The average molecular weight is 662 g/mol. The van der Waals surface area contributed by atoms with Gasteiger partial charge in [0.15, 0.2) is 5.17 Å². The van der Waals surface area contributed by atoms with E-state index in [0.29, 0.717) is 35.8 Å². The Bertz CT molecular complexity index is 1230. The Balaban J connectivity index is 0.00000129. The Kier molecular flexibility index (Phi) is 16.7. The van der Waals surface area contributed by atoms with Gasteiger partial charge in [-0.15, -0.1) is 0 Å². The summed E-state index contributed by atoms with van der Waals surface area (Å²) in [6.45, 7) is 5.08. The van der Waals surface area contributed by atoms with Gasteiger partial charge in [-0.1, -0.05) is 50.1 Å². The summed E-state index contributed by atoms with van der Waals surface area (Å²) < 4.78 is 31.7. The van der Waals surface area contributed by atoms with E-state index in [1.807, 2.05) is 11.8 Å². The van der Waals surface area contributed by atoms with Crippen molar-refractivity contribution in [2.75, 3.05) is 19.6 Å². The number of aliphatic imine (C=N–C) groups is 1. The molecule has 6 N–H and O–H groups in total. The summed E-state index contributed by atoms with van der Waals surface area (Å²) in [5.74, 6) is -5.24. The molecule has 17 heteroatoms. The number of halogens is 3. The molecule has 13 nitrogen and oxygen atoms in total. The van der Waals surface area contributed by atoms with Crippen LogP contribution in [0.3, 0.4) is 0 Å².